The maximum absolute atomic E-state index is 11.1. The molecule has 0 radical (unpaired) electrons. The van der Waals surface area contributed by atoms with E-state index in [0.717, 1.165) is 26.2 Å². The van der Waals surface area contributed by atoms with E-state index in [4.69, 9.17) is 0 Å². The summed E-state index contributed by atoms with van der Waals surface area (Å²) < 4.78 is 0. The van der Waals surface area contributed by atoms with E-state index in [1.54, 1.807) is 0 Å². The van der Waals surface area contributed by atoms with Crippen LogP contribution in [-0.2, 0) is 0 Å². The van der Waals surface area contributed by atoms with Crippen LogP contribution in [0, 0.1) is 30.3 Å². The highest BCUT2D eigenvalue weighted by Gasteiger charge is 2.24. The van der Waals surface area contributed by atoms with Gasteiger partial charge < -0.3 is 14.9 Å². The van der Waals surface area contributed by atoms with Gasteiger partial charge in [-0.2, -0.15) is 0 Å². The van der Waals surface area contributed by atoms with Crippen LogP contribution in [-0.4, -0.2) is 47.1 Å². The first kappa shape index (κ1) is 32.9. The lowest BCUT2D eigenvalue weighted by atomic mass is 10.2. The van der Waals surface area contributed by atoms with Crippen LogP contribution in [0.25, 0.3) is 0 Å². The molecule has 0 N–H and O–H groups in total. The van der Waals surface area contributed by atoms with Crippen molar-refractivity contribution in [3.05, 3.63) is 91.0 Å². The molecular formula is C28H36N5O7P. The third-order valence-corrected chi connectivity index (χ3v) is 9.45. The number of hydrogen-bond acceptors (Lipinski definition) is 9. The summed E-state index contributed by atoms with van der Waals surface area (Å²) in [6.07, 6.45) is 1.22. The largest absolute Gasteiger partial charge is 0.863 e. The highest BCUT2D eigenvalue weighted by atomic mass is 31.1. The summed E-state index contributed by atoms with van der Waals surface area (Å²) in [7, 11) is -0.686. The van der Waals surface area contributed by atoms with Crippen molar-refractivity contribution in [3.63, 3.8) is 0 Å². The van der Waals surface area contributed by atoms with Crippen molar-refractivity contribution < 1.29 is 19.9 Å². The molecule has 12 nitrogen and oxygen atoms in total. The number of hydrogen-bond donors (Lipinski definition) is 0. The second kappa shape index (κ2) is 15.5. The van der Waals surface area contributed by atoms with Crippen molar-refractivity contribution in [1.29, 1.82) is 0 Å². The van der Waals surface area contributed by atoms with Crippen molar-refractivity contribution >= 4 is 47.0 Å². The van der Waals surface area contributed by atoms with Crippen LogP contribution in [0.5, 0.6) is 5.75 Å². The lowest BCUT2D eigenvalue weighted by Crippen LogP contribution is -2.23. The Morgan fingerprint density at radius 3 is 1.20 bits per heavy atom. The Balaban J connectivity index is 0.000000317. The Labute approximate surface area is 240 Å². The second-order valence-electron chi connectivity index (χ2n) is 8.85. The molecule has 0 fully saturated rings. The molecule has 0 spiro atoms. The van der Waals surface area contributed by atoms with Gasteiger partial charge in [-0.25, -0.2) is 0 Å². The van der Waals surface area contributed by atoms with Crippen LogP contribution in [0.2, 0.25) is 0 Å². The monoisotopic (exact) mass is 585 g/mol. The zero-order valence-electron chi connectivity index (χ0n) is 23.9. The summed E-state index contributed by atoms with van der Waals surface area (Å²) in [6.45, 7) is 15.5. The van der Waals surface area contributed by atoms with E-state index in [-0.39, 0.29) is 0 Å². The van der Waals surface area contributed by atoms with Gasteiger partial charge in [0.25, 0.3) is 17.1 Å². The highest BCUT2D eigenvalue weighted by molar-refractivity contribution is 7.72. The van der Waals surface area contributed by atoms with Crippen molar-refractivity contribution in [2.24, 2.45) is 0 Å². The van der Waals surface area contributed by atoms with Crippen molar-refractivity contribution in [1.82, 2.24) is 0 Å². The molecule has 0 saturated carbocycles. The van der Waals surface area contributed by atoms with Crippen LogP contribution >= 0.6 is 7.92 Å². The van der Waals surface area contributed by atoms with Crippen LogP contribution < -0.4 is 25.5 Å². The number of nitro benzene ring substituents is 3. The lowest BCUT2D eigenvalue weighted by Gasteiger charge is -2.22. The van der Waals surface area contributed by atoms with Gasteiger partial charge in [0, 0.05) is 37.6 Å². The normalized spacial score (nSPS) is 10.5. The zero-order chi connectivity index (χ0) is 30.7. The standard InChI is InChI=1S/C22H33N2P.C6H3N3O7/c1-6-23(7-2)19-11-15-21(16-12-19)25(10-5)22-17-13-20(14-18-22)24(8-3)9-4;10-6-4(8(13)14)1-3(7(11)12)2-5(6)9(15)16/h11-18H,6-10H2,1-5H3;1-2,10H. The number of nitrogens with zero attached hydrogens (tertiary/aromatic N) is 5. The Kier molecular flexibility index (Phi) is 12.4. The van der Waals surface area contributed by atoms with E-state index in [1.807, 2.05) is 0 Å². The first-order valence-corrected chi connectivity index (χ1v) is 15.1. The summed E-state index contributed by atoms with van der Waals surface area (Å²) >= 11 is 0. The van der Waals surface area contributed by atoms with E-state index in [1.165, 1.54) is 28.1 Å². The number of non-ortho nitro benzene ring substituents is 1. The van der Waals surface area contributed by atoms with Gasteiger partial charge in [-0.05, 0) is 83.1 Å². The van der Waals surface area contributed by atoms with Gasteiger partial charge in [0.1, 0.15) is 0 Å². The highest BCUT2D eigenvalue weighted by Crippen LogP contribution is 2.37. The molecule has 0 heterocycles. The molecule has 0 aliphatic rings. The van der Waals surface area contributed by atoms with Gasteiger partial charge in [0.05, 0.1) is 57.3 Å². The maximum atomic E-state index is 11.1. The molecule has 220 valence electrons. The minimum absolute atomic E-state index is 0.384. The average Bonchev–Trinajstić information content (AvgIpc) is 2.96. The first-order valence-electron chi connectivity index (χ1n) is 13.4. The Morgan fingerprint density at radius 1 is 0.610 bits per heavy atom. The molecule has 0 aromatic heterocycles. The van der Waals surface area contributed by atoms with Crippen molar-refractivity contribution in [3.8, 4) is 5.75 Å². The third kappa shape index (κ3) is 8.34. The molecule has 0 aliphatic carbocycles. The van der Waals surface area contributed by atoms with E-state index < -0.39 is 45.5 Å². The molecule has 0 bridgehead atoms. The van der Waals surface area contributed by atoms with Gasteiger partial charge in [-0.3, -0.25) is 30.3 Å². The number of rotatable bonds is 12. The fourth-order valence-electron chi connectivity index (χ4n) is 4.46. The molecule has 0 saturated heterocycles. The van der Waals surface area contributed by atoms with E-state index >= 15 is 0 Å². The number of nitro groups is 3. The Hall–Kier alpha value is -4.31. The number of benzene rings is 3. The topological polar surface area (TPSA) is 159 Å². The van der Waals surface area contributed by atoms with Gasteiger partial charge in [0.15, 0.2) is 0 Å². The summed E-state index contributed by atoms with van der Waals surface area (Å²) in [5, 5.41) is 45.1. The predicted octanol–water partition coefficient (Wildman–Crippen LogP) is 5.05. The number of anilines is 2. The van der Waals surface area contributed by atoms with Crippen LogP contribution in [0.1, 0.15) is 34.6 Å². The van der Waals surface area contributed by atoms with Crippen LogP contribution in [0.3, 0.4) is 0 Å². The molecule has 3 aromatic rings. The minimum atomic E-state index is -1.46. The Bertz CT molecular complexity index is 1240. The predicted molar refractivity (Wildman–Crippen MR) is 164 cm³/mol. The average molecular weight is 586 g/mol. The van der Waals surface area contributed by atoms with Gasteiger partial charge >= 0.3 is 0 Å². The molecule has 41 heavy (non-hydrogen) atoms. The Morgan fingerprint density at radius 2 is 0.951 bits per heavy atom. The maximum Gasteiger partial charge on any atom is 0.283 e. The SMILES string of the molecule is CCN(CC)c1ccc([PH+](CC)c2ccc(N(CC)CC)cc2)cc1.O=[N+]([O-])c1cc([N+](=O)[O-])c([O-])c([N+](=O)[O-])c1. The molecule has 0 amide bonds. The summed E-state index contributed by atoms with van der Waals surface area (Å²) in [4.78, 5) is 32.3. The molecular weight excluding hydrogens is 549 g/mol. The molecule has 0 aliphatic heterocycles. The van der Waals surface area contributed by atoms with Crippen molar-refractivity contribution in [2.45, 2.75) is 34.6 Å². The lowest BCUT2D eigenvalue weighted by molar-refractivity contribution is -0.420. The summed E-state index contributed by atoms with van der Waals surface area (Å²) in [5.74, 6) is -1.46. The fraction of sp³-hybridized carbons (Fsp3) is 0.357. The second-order valence-corrected chi connectivity index (χ2v) is 11.7. The molecule has 13 heteroatoms. The summed E-state index contributed by atoms with van der Waals surface area (Å²) in [6, 6.07) is 19.4. The first-order chi connectivity index (χ1) is 19.5. The summed E-state index contributed by atoms with van der Waals surface area (Å²) in [5.41, 5.74) is -0.592. The van der Waals surface area contributed by atoms with Crippen LogP contribution in [0.15, 0.2) is 60.7 Å². The quantitative estimate of drug-likeness (QED) is 0.161. The van der Waals surface area contributed by atoms with Gasteiger partial charge in [0.2, 0.25) is 0 Å². The molecule has 0 unspecified atom stereocenters. The van der Waals surface area contributed by atoms with Crippen LogP contribution in [0.4, 0.5) is 28.4 Å². The van der Waals surface area contributed by atoms with Crippen molar-refractivity contribution in [2.75, 3.05) is 42.1 Å². The van der Waals surface area contributed by atoms with E-state index in [2.05, 4.69) is 92.9 Å². The van der Waals surface area contributed by atoms with Gasteiger partial charge in [-0.1, -0.05) is 0 Å². The van der Waals surface area contributed by atoms with E-state index in [0.29, 0.717) is 12.1 Å². The zero-order valence-corrected chi connectivity index (χ0v) is 24.9. The molecule has 0 atom stereocenters. The molecule has 3 rings (SSSR count). The van der Waals surface area contributed by atoms with E-state index in [9.17, 15) is 35.4 Å². The molecule has 3 aromatic carbocycles. The van der Waals surface area contributed by atoms with Gasteiger partial charge in [-0.15, -0.1) is 0 Å². The fourth-order valence-corrected chi connectivity index (χ4v) is 6.75. The smallest absolute Gasteiger partial charge is 0.283 e. The minimum Gasteiger partial charge on any atom is -0.863 e. The third-order valence-electron chi connectivity index (χ3n) is 6.68.